The van der Waals surface area contributed by atoms with Crippen molar-refractivity contribution in [2.45, 2.75) is 80.7 Å². The Balaban J connectivity index is 0.944. The van der Waals surface area contributed by atoms with Crippen molar-refractivity contribution in [2.75, 3.05) is 9.80 Å². The normalized spacial score (nSPS) is 25.5. The second-order valence-electron chi connectivity index (χ2n) is 20.4. The number of hydrogen-bond acceptors (Lipinski definition) is 2. The molecule has 2 fully saturated rings. The smallest absolute Gasteiger partial charge is 0.0725 e. The van der Waals surface area contributed by atoms with E-state index in [-0.39, 0.29) is 21.9 Å². The number of hydrogen-bond donors (Lipinski definition) is 0. The standard InChI is InChI=1S/C61H50N2/c1-57-31-33-59(57,3)62(43-15-7-5-8-16-43)55-29-25-41(37-53(55)57)39-23-27-47-48-28-24-40(36-52(48)61(51(47)35-39)49-21-13-11-19-45(49)46-20-12-14-22-50(46)61)42-26-30-56-54(38-42)58(2)32-34-60(58,4)63(56)44-17-9-6-10-18-44/h5-30,35-38H,31-34H2,1-4H3. The highest BCUT2D eigenvalue weighted by Gasteiger charge is 2.64. The van der Waals surface area contributed by atoms with Crippen LogP contribution in [-0.4, -0.2) is 11.1 Å². The minimum atomic E-state index is -0.442. The van der Waals surface area contributed by atoms with E-state index in [2.05, 4.69) is 219 Å². The summed E-state index contributed by atoms with van der Waals surface area (Å²) in [6.07, 6.45) is 4.80. The maximum atomic E-state index is 2.64. The molecule has 4 atom stereocenters. The predicted octanol–water partition coefficient (Wildman–Crippen LogP) is 15.3. The monoisotopic (exact) mass is 810 g/mol. The van der Waals surface area contributed by atoms with Gasteiger partial charge >= 0.3 is 0 Å². The van der Waals surface area contributed by atoms with Crippen LogP contribution in [0, 0.1) is 0 Å². The molecule has 2 heteroatoms. The van der Waals surface area contributed by atoms with Gasteiger partial charge in [0.15, 0.2) is 0 Å². The van der Waals surface area contributed by atoms with Crippen LogP contribution in [0.4, 0.5) is 22.7 Å². The van der Waals surface area contributed by atoms with Gasteiger partial charge in [-0.05, 0) is 178 Å². The summed E-state index contributed by atoms with van der Waals surface area (Å²) in [6, 6.07) is 70.0. The van der Waals surface area contributed by atoms with Crippen LogP contribution in [0.15, 0.2) is 182 Å². The van der Waals surface area contributed by atoms with Gasteiger partial charge in [0.2, 0.25) is 0 Å². The van der Waals surface area contributed by atoms with E-state index in [9.17, 15) is 0 Å². The molecule has 0 aromatic heterocycles. The van der Waals surface area contributed by atoms with E-state index >= 15 is 0 Å². The third kappa shape index (κ3) is 4.13. The van der Waals surface area contributed by atoms with Gasteiger partial charge in [0.05, 0.1) is 16.5 Å². The molecule has 1 spiro atoms. The Kier molecular flexibility index (Phi) is 6.77. The number of benzene rings is 8. The average molecular weight is 811 g/mol. The molecule has 2 heterocycles. The summed E-state index contributed by atoms with van der Waals surface area (Å²) >= 11 is 0. The summed E-state index contributed by atoms with van der Waals surface area (Å²) in [6.45, 7) is 9.97. The summed E-state index contributed by atoms with van der Waals surface area (Å²) in [4.78, 5) is 5.28. The number of anilines is 4. The molecule has 0 amide bonds. The first-order valence-corrected chi connectivity index (χ1v) is 23.2. The molecule has 0 N–H and O–H groups in total. The largest absolute Gasteiger partial charge is 0.334 e. The Morgan fingerprint density at radius 3 is 1.06 bits per heavy atom. The second kappa shape index (κ2) is 11.9. The van der Waals surface area contributed by atoms with Crippen LogP contribution in [0.25, 0.3) is 44.5 Å². The van der Waals surface area contributed by atoms with Crippen molar-refractivity contribution in [1.82, 2.24) is 0 Å². The van der Waals surface area contributed by atoms with Crippen molar-refractivity contribution < 1.29 is 0 Å². The van der Waals surface area contributed by atoms with Crippen molar-refractivity contribution in [3.63, 3.8) is 0 Å². The fraction of sp³-hybridized carbons (Fsp3) is 0.213. The maximum absolute atomic E-state index is 2.64. The fourth-order valence-electron chi connectivity index (χ4n) is 14.0. The van der Waals surface area contributed by atoms with Gasteiger partial charge in [-0.3, -0.25) is 0 Å². The van der Waals surface area contributed by atoms with Gasteiger partial charge < -0.3 is 9.80 Å². The van der Waals surface area contributed by atoms with E-state index in [1.165, 1.54) is 126 Å². The number of para-hydroxylation sites is 2. The lowest BCUT2D eigenvalue weighted by molar-refractivity contribution is 0.133. The third-order valence-corrected chi connectivity index (χ3v) is 18.0. The number of fused-ring (bicyclic) bond motifs is 16. The zero-order valence-corrected chi connectivity index (χ0v) is 36.5. The van der Waals surface area contributed by atoms with Crippen LogP contribution < -0.4 is 9.80 Å². The lowest BCUT2D eigenvalue weighted by Gasteiger charge is -2.56. The Labute approximate surface area is 371 Å². The zero-order valence-electron chi connectivity index (χ0n) is 36.5. The molecular weight excluding hydrogens is 761 g/mol. The van der Waals surface area contributed by atoms with E-state index in [1.807, 2.05) is 0 Å². The van der Waals surface area contributed by atoms with Crippen LogP contribution in [0.5, 0.6) is 0 Å². The fourth-order valence-corrected chi connectivity index (χ4v) is 14.0. The van der Waals surface area contributed by atoms with Crippen LogP contribution in [0.1, 0.15) is 86.8 Å². The summed E-state index contributed by atoms with van der Waals surface area (Å²) < 4.78 is 0. The van der Waals surface area contributed by atoms with Gasteiger partial charge in [0, 0.05) is 33.6 Å². The van der Waals surface area contributed by atoms with Crippen LogP contribution in [-0.2, 0) is 16.2 Å². The molecular formula is C61H50N2. The zero-order chi connectivity index (χ0) is 42.1. The lowest BCUT2D eigenvalue weighted by Crippen LogP contribution is -2.60. The van der Waals surface area contributed by atoms with Crippen molar-refractivity contribution in [2.24, 2.45) is 0 Å². The number of nitrogens with zero attached hydrogens (tertiary/aromatic N) is 2. The van der Waals surface area contributed by atoms with Gasteiger partial charge in [-0.1, -0.05) is 135 Å². The van der Waals surface area contributed by atoms with Crippen LogP contribution >= 0.6 is 0 Å². The average Bonchev–Trinajstić information content (AvgIpc) is 3.88. The van der Waals surface area contributed by atoms with Crippen LogP contribution in [0.3, 0.4) is 0 Å². The topological polar surface area (TPSA) is 6.48 Å². The molecule has 8 aromatic rings. The quantitative estimate of drug-likeness (QED) is 0.175. The predicted molar refractivity (Wildman–Crippen MR) is 261 cm³/mol. The highest BCUT2D eigenvalue weighted by molar-refractivity contribution is 5.97. The van der Waals surface area contributed by atoms with Crippen molar-refractivity contribution >= 4 is 22.7 Å². The third-order valence-electron chi connectivity index (χ3n) is 18.0. The van der Waals surface area contributed by atoms with Crippen molar-refractivity contribution in [3.8, 4) is 44.5 Å². The number of rotatable bonds is 4. The van der Waals surface area contributed by atoms with Gasteiger partial charge in [-0.2, -0.15) is 0 Å². The molecule has 2 aliphatic heterocycles. The first-order chi connectivity index (χ1) is 30.7. The molecule has 2 nitrogen and oxygen atoms in total. The van der Waals surface area contributed by atoms with E-state index in [1.54, 1.807) is 0 Å². The van der Waals surface area contributed by atoms with Gasteiger partial charge in [0.25, 0.3) is 0 Å². The van der Waals surface area contributed by atoms with Gasteiger partial charge in [-0.15, -0.1) is 0 Å². The molecule has 4 aliphatic carbocycles. The van der Waals surface area contributed by atoms with E-state index in [0.717, 1.165) is 0 Å². The Hall–Kier alpha value is -6.64. The minimum Gasteiger partial charge on any atom is -0.334 e. The molecule has 2 saturated carbocycles. The maximum Gasteiger partial charge on any atom is 0.0725 e. The van der Waals surface area contributed by atoms with Crippen molar-refractivity contribution in [1.29, 1.82) is 0 Å². The molecule has 6 aliphatic rings. The first-order valence-electron chi connectivity index (χ1n) is 23.2. The molecule has 4 unspecified atom stereocenters. The second-order valence-corrected chi connectivity index (χ2v) is 20.4. The summed E-state index contributed by atoms with van der Waals surface area (Å²) in [5.41, 5.74) is 24.2. The first kappa shape index (κ1) is 35.9. The Bertz CT molecular complexity index is 3050. The summed E-state index contributed by atoms with van der Waals surface area (Å²) in [5.74, 6) is 0. The van der Waals surface area contributed by atoms with Gasteiger partial charge in [0.1, 0.15) is 0 Å². The summed E-state index contributed by atoms with van der Waals surface area (Å²) in [7, 11) is 0. The molecule has 63 heavy (non-hydrogen) atoms. The van der Waals surface area contributed by atoms with E-state index < -0.39 is 5.41 Å². The van der Waals surface area contributed by atoms with E-state index in [4.69, 9.17) is 0 Å². The summed E-state index contributed by atoms with van der Waals surface area (Å²) in [5, 5.41) is 0. The Morgan fingerprint density at radius 2 is 0.667 bits per heavy atom. The van der Waals surface area contributed by atoms with Crippen molar-refractivity contribution in [3.05, 3.63) is 215 Å². The highest BCUT2D eigenvalue weighted by atomic mass is 15.3. The minimum absolute atomic E-state index is 0.0588. The van der Waals surface area contributed by atoms with E-state index in [0.29, 0.717) is 0 Å². The molecule has 304 valence electrons. The van der Waals surface area contributed by atoms with Gasteiger partial charge in [-0.25, -0.2) is 0 Å². The SMILES string of the molecule is CC12CCC1(C)N(c1ccccc1)c1ccc(-c3ccc4c(c3)C3(c5ccccc5-c5ccccc53)c3cc(-c5ccc6c(c5)C5(C)CCC5(C)N6c5ccccc5)ccc3-4)cc12. The molecule has 0 saturated heterocycles. The molecule has 8 aromatic carbocycles. The Morgan fingerprint density at radius 1 is 0.317 bits per heavy atom. The molecule has 0 radical (unpaired) electrons. The lowest BCUT2D eigenvalue weighted by atomic mass is 9.55. The molecule has 14 rings (SSSR count). The highest BCUT2D eigenvalue weighted by Crippen LogP contribution is 2.68. The molecule has 0 bridgehead atoms. The van der Waals surface area contributed by atoms with Crippen LogP contribution in [0.2, 0.25) is 0 Å².